The van der Waals surface area contributed by atoms with Gasteiger partial charge in [0.15, 0.2) is 0 Å². The minimum atomic E-state index is -0.583. The van der Waals surface area contributed by atoms with E-state index in [0.29, 0.717) is 27.2 Å². The molecule has 114 valence electrons. The van der Waals surface area contributed by atoms with Gasteiger partial charge in [0, 0.05) is 24.3 Å². The molecule has 2 aromatic heterocycles. The molecule has 0 saturated heterocycles. The van der Waals surface area contributed by atoms with Gasteiger partial charge in [-0.3, -0.25) is 4.79 Å². The number of nitrogens with zero attached hydrogens (tertiary/aromatic N) is 2. The van der Waals surface area contributed by atoms with Crippen LogP contribution in [-0.2, 0) is 6.54 Å². The summed E-state index contributed by atoms with van der Waals surface area (Å²) in [5.74, 6) is -0.900. The number of aromatic nitrogens is 2. The molecule has 0 radical (unpaired) electrons. The number of fused-ring (bicyclic) bond motifs is 1. The predicted octanol–water partition coefficient (Wildman–Crippen LogP) is 3.16. The van der Waals surface area contributed by atoms with Crippen molar-refractivity contribution in [2.45, 2.75) is 6.54 Å². The summed E-state index contributed by atoms with van der Waals surface area (Å²) in [6, 6.07) is 7.55. The van der Waals surface area contributed by atoms with Gasteiger partial charge in [-0.2, -0.15) is 5.26 Å². The lowest BCUT2D eigenvalue weighted by molar-refractivity contribution is 0.0952. The summed E-state index contributed by atoms with van der Waals surface area (Å²) in [5.41, 5.74) is 1.55. The first kappa shape index (κ1) is 15.0. The van der Waals surface area contributed by atoms with Crippen LogP contribution in [0.1, 0.15) is 21.5 Å². The molecule has 0 atom stereocenters. The Morgan fingerprint density at radius 1 is 1.43 bits per heavy atom. The maximum atomic E-state index is 13.3. The number of amides is 1. The van der Waals surface area contributed by atoms with Crippen LogP contribution in [0.4, 0.5) is 4.39 Å². The fraction of sp³-hybridized carbons (Fsp3) is 0.0625. The molecule has 5 nitrogen and oxygen atoms in total. The average molecular weight is 329 g/mol. The number of halogens is 2. The van der Waals surface area contributed by atoms with E-state index in [9.17, 15) is 9.18 Å². The Balaban J connectivity index is 1.79. The van der Waals surface area contributed by atoms with E-state index in [-0.39, 0.29) is 18.0 Å². The molecule has 0 saturated carbocycles. The molecule has 0 aliphatic heterocycles. The van der Waals surface area contributed by atoms with E-state index in [1.54, 1.807) is 18.3 Å². The minimum absolute atomic E-state index is 0.0557. The van der Waals surface area contributed by atoms with Crippen LogP contribution in [-0.4, -0.2) is 15.9 Å². The van der Waals surface area contributed by atoms with Gasteiger partial charge in [0.25, 0.3) is 5.91 Å². The highest BCUT2D eigenvalue weighted by Crippen LogP contribution is 2.20. The van der Waals surface area contributed by atoms with Crippen molar-refractivity contribution in [1.82, 2.24) is 15.3 Å². The van der Waals surface area contributed by atoms with Gasteiger partial charge >= 0.3 is 0 Å². The Bertz CT molecular complexity index is 945. The summed E-state index contributed by atoms with van der Waals surface area (Å²) in [6.07, 6.45) is 3.04. The van der Waals surface area contributed by atoms with Crippen molar-refractivity contribution >= 4 is 28.5 Å². The van der Waals surface area contributed by atoms with Crippen LogP contribution >= 0.6 is 11.6 Å². The highest BCUT2D eigenvalue weighted by atomic mass is 35.5. The smallest absolute Gasteiger partial charge is 0.253 e. The first-order valence-corrected chi connectivity index (χ1v) is 7.05. The maximum Gasteiger partial charge on any atom is 0.253 e. The van der Waals surface area contributed by atoms with Gasteiger partial charge in [-0.05, 0) is 23.8 Å². The third-order valence-corrected chi connectivity index (χ3v) is 3.55. The van der Waals surface area contributed by atoms with E-state index >= 15 is 0 Å². The Kier molecular flexibility index (Phi) is 3.96. The number of rotatable bonds is 3. The van der Waals surface area contributed by atoms with Gasteiger partial charge in [-0.1, -0.05) is 17.7 Å². The summed E-state index contributed by atoms with van der Waals surface area (Å²) in [6.45, 7) is 0.175. The highest BCUT2D eigenvalue weighted by Gasteiger charge is 2.13. The fourth-order valence-corrected chi connectivity index (χ4v) is 2.37. The van der Waals surface area contributed by atoms with Crippen LogP contribution in [0.2, 0.25) is 5.02 Å². The first-order valence-electron chi connectivity index (χ1n) is 6.68. The number of nitrogens with one attached hydrogen (secondary N) is 2. The second kappa shape index (κ2) is 6.07. The van der Waals surface area contributed by atoms with Crippen molar-refractivity contribution in [3.63, 3.8) is 0 Å². The lowest BCUT2D eigenvalue weighted by Gasteiger charge is -2.05. The van der Waals surface area contributed by atoms with Crippen molar-refractivity contribution in [3.05, 3.63) is 64.2 Å². The van der Waals surface area contributed by atoms with E-state index in [1.807, 2.05) is 0 Å². The molecule has 2 N–H and O–H groups in total. The monoisotopic (exact) mass is 328 g/mol. The zero-order valence-electron chi connectivity index (χ0n) is 11.7. The Morgan fingerprint density at radius 3 is 3.04 bits per heavy atom. The SMILES string of the molecule is N#Cc1cc(CNC(=O)c2c[nH]c3ncc(Cl)cc23)ccc1F. The summed E-state index contributed by atoms with van der Waals surface area (Å²) in [5, 5.41) is 12.6. The van der Waals surface area contributed by atoms with Crippen LogP contribution < -0.4 is 5.32 Å². The van der Waals surface area contributed by atoms with Crippen molar-refractivity contribution in [1.29, 1.82) is 5.26 Å². The standard InChI is InChI=1S/C16H10ClFN4O/c17-11-4-12-13(8-21-15(12)20-7-11)16(23)22-6-9-1-2-14(18)10(3-9)5-19/h1-4,7-8H,6H2,(H,20,21)(H,22,23). The van der Waals surface area contributed by atoms with Crippen molar-refractivity contribution in [3.8, 4) is 6.07 Å². The topological polar surface area (TPSA) is 81.6 Å². The molecule has 0 spiro atoms. The van der Waals surface area contributed by atoms with E-state index < -0.39 is 5.82 Å². The third kappa shape index (κ3) is 3.00. The summed E-state index contributed by atoms with van der Waals surface area (Å²) in [7, 11) is 0. The number of nitriles is 1. The molecule has 2 heterocycles. The molecule has 3 aromatic rings. The molecule has 1 aromatic carbocycles. The largest absolute Gasteiger partial charge is 0.348 e. The lowest BCUT2D eigenvalue weighted by Crippen LogP contribution is -2.22. The number of hydrogen-bond acceptors (Lipinski definition) is 3. The van der Waals surface area contributed by atoms with Gasteiger partial charge in [-0.25, -0.2) is 9.37 Å². The summed E-state index contributed by atoms with van der Waals surface area (Å²) < 4.78 is 13.3. The normalized spacial score (nSPS) is 10.5. The second-order valence-electron chi connectivity index (χ2n) is 4.86. The Morgan fingerprint density at radius 2 is 2.26 bits per heavy atom. The lowest BCUT2D eigenvalue weighted by atomic mass is 10.1. The van der Waals surface area contributed by atoms with Crippen LogP contribution in [0.3, 0.4) is 0 Å². The van der Waals surface area contributed by atoms with E-state index in [2.05, 4.69) is 15.3 Å². The van der Waals surface area contributed by atoms with Crippen molar-refractivity contribution in [2.24, 2.45) is 0 Å². The Hall–Kier alpha value is -2.91. The van der Waals surface area contributed by atoms with Crippen molar-refractivity contribution in [2.75, 3.05) is 0 Å². The van der Waals surface area contributed by atoms with Gasteiger partial charge in [0.1, 0.15) is 17.5 Å². The quantitative estimate of drug-likeness (QED) is 0.775. The van der Waals surface area contributed by atoms with Gasteiger partial charge < -0.3 is 10.3 Å². The molecule has 3 rings (SSSR count). The fourth-order valence-electron chi connectivity index (χ4n) is 2.21. The second-order valence-corrected chi connectivity index (χ2v) is 5.30. The predicted molar refractivity (Wildman–Crippen MR) is 83.4 cm³/mol. The molecule has 0 unspecified atom stereocenters. The van der Waals surface area contributed by atoms with Crippen LogP contribution in [0.25, 0.3) is 11.0 Å². The van der Waals surface area contributed by atoms with Crippen LogP contribution in [0.15, 0.2) is 36.7 Å². The molecule has 23 heavy (non-hydrogen) atoms. The highest BCUT2D eigenvalue weighted by molar-refractivity contribution is 6.31. The van der Waals surface area contributed by atoms with Crippen LogP contribution in [0.5, 0.6) is 0 Å². The van der Waals surface area contributed by atoms with E-state index in [1.165, 1.54) is 24.4 Å². The number of pyridine rings is 1. The number of benzene rings is 1. The molecular weight excluding hydrogens is 319 g/mol. The minimum Gasteiger partial charge on any atom is -0.348 e. The van der Waals surface area contributed by atoms with Gasteiger partial charge in [0.05, 0.1) is 16.1 Å². The van der Waals surface area contributed by atoms with Gasteiger partial charge in [-0.15, -0.1) is 0 Å². The number of carbonyl (C=O) groups excluding carboxylic acids is 1. The molecule has 0 aliphatic carbocycles. The number of hydrogen-bond donors (Lipinski definition) is 2. The molecule has 0 bridgehead atoms. The van der Waals surface area contributed by atoms with Crippen LogP contribution in [0, 0.1) is 17.1 Å². The first-order chi connectivity index (χ1) is 11.1. The molecule has 1 amide bonds. The number of carbonyl (C=O) groups is 1. The Labute approximate surface area is 135 Å². The van der Waals surface area contributed by atoms with Crippen molar-refractivity contribution < 1.29 is 9.18 Å². The third-order valence-electron chi connectivity index (χ3n) is 3.35. The summed E-state index contributed by atoms with van der Waals surface area (Å²) >= 11 is 5.90. The average Bonchev–Trinajstić information content (AvgIpc) is 2.96. The van der Waals surface area contributed by atoms with E-state index in [4.69, 9.17) is 16.9 Å². The molecule has 0 aliphatic rings. The number of aromatic amines is 1. The molecular formula is C16H10ClFN4O. The number of H-pyrrole nitrogens is 1. The van der Waals surface area contributed by atoms with Gasteiger partial charge in [0.2, 0.25) is 0 Å². The maximum absolute atomic E-state index is 13.3. The molecule has 7 heteroatoms. The molecule has 0 fully saturated rings. The zero-order valence-corrected chi connectivity index (χ0v) is 12.5. The zero-order chi connectivity index (χ0) is 16.4. The van der Waals surface area contributed by atoms with E-state index in [0.717, 1.165) is 0 Å². The summed E-state index contributed by atoms with van der Waals surface area (Å²) in [4.78, 5) is 19.3.